The van der Waals surface area contributed by atoms with Gasteiger partial charge >= 0.3 is 5.63 Å². The Morgan fingerprint density at radius 2 is 1.60 bits per heavy atom. The zero-order valence-electron chi connectivity index (χ0n) is 7.26. The van der Waals surface area contributed by atoms with Gasteiger partial charge in [0, 0.05) is 0 Å². The van der Waals surface area contributed by atoms with Crippen LogP contribution in [0.3, 0.4) is 0 Å². The number of hydrogen-bond acceptors (Lipinski definition) is 6. The molecule has 1 aromatic carbocycles. The fourth-order valence-electron chi connectivity index (χ4n) is 1.24. The molecule has 2 rings (SSSR count). The Labute approximate surface area is 82.3 Å². The Morgan fingerprint density at radius 1 is 0.933 bits per heavy atom. The van der Waals surface area contributed by atoms with Crippen molar-refractivity contribution >= 4 is 11.0 Å². The Hall–Kier alpha value is -2.37. The van der Waals surface area contributed by atoms with Gasteiger partial charge in [-0.15, -0.1) is 0 Å². The van der Waals surface area contributed by atoms with Crippen molar-refractivity contribution < 1.29 is 24.8 Å². The van der Waals surface area contributed by atoms with E-state index in [4.69, 9.17) is 10.2 Å². The second-order valence-electron chi connectivity index (χ2n) is 2.89. The summed E-state index contributed by atoms with van der Waals surface area (Å²) in [6.07, 6.45) is 0. The van der Waals surface area contributed by atoms with Crippen LogP contribution in [0.4, 0.5) is 0 Å². The Morgan fingerprint density at radius 3 is 2.27 bits per heavy atom. The molecule has 6 nitrogen and oxygen atoms in total. The van der Waals surface area contributed by atoms with E-state index in [0.717, 1.165) is 6.07 Å². The molecule has 1 aromatic heterocycles. The monoisotopic (exact) mass is 210 g/mol. The normalized spacial score (nSPS) is 10.7. The summed E-state index contributed by atoms with van der Waals surface area (Å²) < 4.78 is 4.57. The highest BCUT2D eigenvalue weighted by atomic mass is 16.4. The minimum atomic E-state index is -1.12. The standard InChI is InChI=1S/C9H6O6/c10-3-1-2-4-5(6(3)11)7(12)8(13)9(14)15-4/h1-2,10-13H. The Kier molecular flexibility index (Phi) is 1.72. The van der Waals surface area contributed by atoms with Crippen molar-refractivity contribution in [2.24, 2.45) is 0 Å². The largest absolute Gasteiger partial charge is 0.504 e. The van der Waals surface area contributed by atoms with E-state index in [9.17, 15) is 15.0 Å². The molecule has 0 saturated carbocycles. The maximum absolute atomic E-state index is 10.9. The number of fused-ring (bicyclic) bond motifs is 1. The predicted molar refractivity (Wildman–Crippen MR) is 49.1 cm³/mol. The van der Waals surface area contributed by atoms with Gasteiger partial charge in [-0.05, 0) is 12.1 Å². The van der Waals surface area contributed by atoms with Gasteiger partial charge in [0.15, 0.2) is 17.2 Å². The summed E-state index contributed by atoms with van der Waals surface area (Å²) in [5, 5.41) is 36.6. The van der Waals surface area contributed by atoms with Gasteiger partial charge in [0.1, 0.15) is 11.0 Å². The Balaban J connectivity index is 3.07. The maximum Gasteiger partial charge on any atom is 0.382 e. The first-order valence-electron chi connectivity index (χ1n) is 3.92. The molecule has 0 bridgehead atoms. The van der Waals surface area contributed by atoms with E-state index in [0.29, 0.717) is 0 Å². The minimum absolute atomic E-state index is 0.134. The molecule has 0 fully saturated rings. The first-order valence-corrected chi connectivity index (χ1v) is 3.92. The van der Waals surface area contributed by atoms with Gasteiger partial charge in [0.2, 0.25) is 5.75 Å². The molecular weight excluding hydrogens is 204 g/mol. The van der Waals surface area contributed by atoms with Crippen molar-refractivity contribution in [2.75, 3.05) is 0 Å². The van der Waals surface area contributed by atoms with Crippen molar-refractivity contribution in [1.82, 2.24) is 0 Å². The zero-order chi connectivity index (χ0) is 11.2. The van der Waals surface area contributed by atoms with Crippen LogP contribution in [-0.4, -0.2) is 20.4 Å². The summed E-state index contributed by atoms with van der Waals surface area (Å²) in [5.41, 5.74) is -1.25. The second kappa shape index (κ2) is 2.81. The Bertz CT molecular complexity index is 598. The molecule has 0 unspecified atom stereocenters. The van der Waals surface area contributed by atoms with E-state index in [-0.39, 0.29) is 11.0 Å². The molecule has 0 saturated heterocycles. The average Bonchev–Trinajstić information content (AvgIpc) is 2.20. The highest BCUT2D eigenvalue weighted by Crippen LogP contribution is 2.41. The van der Waals surface area contributed by atoms with E-state index >= 15 is 0 Å². The van der Waals surface area contributed by atoms with Gasteiger partial charge in [-0.2, -0.15) is 0 Å². The molecule has 0 aliphatic carbocycles. The van der Waals surface area contributed by atoms with Crippen LogP contribution in [0.2, 0.25) is 0 Å². The SMILES string of the molecule is O=c1oc2ccc(O)c(O)c2c(O)c1O. The topological polar surface area (TPSA) is 111 Å². The maximum atomic E-state index is 10.9. The van der Waals surface area contributed by atoms with Crippen LogP contribution in [0.1, 0.15) is 0 Å². The van der Waals surface area contributed by atoms with Crippen LogP contribution < -0.4 is 5.63 Å². The molecule has 15 heavy (non-hydrogen) atoms. The smallest absolute Gasteiger partial charge is 0.382 e. The van der Waals surface area contributed by atoms with E-state index in [1.54, 1.807) is 0 Å². The lowest BCUT2D eigenvalue weighted by Crippen LogP contribution is -1.97. The highest BCUT2D eigenvalue weighted by Gasteiger charge is 2.17. The van der Waals surface area contributed by atoms with Gasteiger partial charge in [0.25, 0.3) is 0 Å². The quantitative estimate of drug-likeness (QED) is 0.374. The number of benzene rings is 1. The summed E-state index contributed by atoms with van der Waals surface area (Å²) in [6.45, 7) is 0. The summed E-state index contributed by atoms with van der Waals surface area (Å²) >= 11 is 0. The second-order valence-corrected chi connectivity index (χ2v) is 2.89. The van der Waals surface area contributed by atoms with E-state index < -0.39 is 28.6 Å². The molecule has 0 aliphatic heterocycles. The van der Waals surface area contributed by atoms with Gasteiger partial charge < -0.3 is 24.8 Å². The number of phenolic OH excluding ortho intramolecular Hbond substituents is 2. The van der Waals surface area contributed by atoms with Crippen LogP contribution in [0.5, 0.6) is 23.0 Å². The van der Waals surface area contributed by atoms with Gasteiger partial charge in [-0.3, -0.25) is 0 Å². The van der Waals surface area contributed by atoms with Gasteiger partial charge in [-0.1, -0.05) is 0 Å². The fraction of sp³-hybridized carbons (Fsp3) is 0. The van der Waals surface area contributed by atoms with E-state index in [1.807, 2.05) is 0 Å². The van der Waals surface area contributed by atoms with Gasteiger partial charge in [-0.25, -0.2) is 4.79 Å². The van der Waals surface area contributed by atoms with E-state index in [2.05, 4.69) is 4.42 Å². The van der Waals surface area contributed by atoms with Crippen LogP contribution >= 0.6 is 0 Å². The summed E-state index contributed by atoms with van der Waals surface area (Å²) in [7, 11) is 0. The van der Waals surface area contributed by atoms with Crippen LogP contribution in [0.25, 0.3) is 11.0 Å². The minimum Gasteiger partial charge on any atom is -0.504 e. The molecule has 0 spiro atoms. The van der Waals surface area contributed by atoms with Crippen molar-refractivity contribution in [3.8, 4) is 23.0 Å². The molecule has 78 valence electrons. The number of phenols is 2. The van der Waals surface area contributed by atoms with Crippen LogP contribution in [-0.2, 0) is 0 Å². The van der Waals surface area contributed by atoms with Crippen molar-refractivity contribution in [3.63, 3.8) is 0 Å². The van der Waals surface area contributed by atoms with Crippen LogP contribution in [0.15, 0.2) is 21.3 Å². The molecule has 0 atom stereocenters. The van der Waals surface area contributed by atoms with Crippen LogP contribution in [0, 0.1) is 0 Å². The predicted octanol–water partition coefficient (Wildman–Crippen LogP) is 0.615. The van der Waals surface area contributed by atoms with Crippen molar-refractivity contribution in [1.29, 1.82) is 0 Å². The third kappa shape index (κ3) is 1.15. The number of rotatable bonds is 0. The number of aromatic hydroxyl groups is 4. The highest BCUT2D eigenvalue weighted by molar-refractivity contribution is 5.92. The lowest BCUT2D eigenvalue weighted by molar-refractivity contribution is 0.371. The number of hydrogen-bond donors (Lipinski definition) is 4. The summed E-state index contributed by atoms with van der Waals surface area (Å²) in [5.74, 6) is -2.99. The molecule has 2 aromatic rings. The van der Waals surface area contributed by atoms with Gasteiger partial charge in [0.05, 0.1) is 0 Å². The molecule has 4 N–H and O–H groups in total. The lowest BCUT2D eigenvalue weighted by atomic mass is 10.2. The molecule has 6 heteroatoms. The molecule has 0 aliphatic rings. The lowest BCUT2D eigenvalue weighted by Gasteiger charge is -2.04. The van der Waals surface area contributed by atoms with Crippen molar-refractivity contribution in [2.45, 2.75) is 0 Å². The molecular formula is C9H6O6. The third-order valence-electron chi connectivity index (χ3n) is 1.98. The van der Waals surface area contributed by atoms with E-state index in [1.165, 1.54) is 6.07 Å². The summed E-state index contributed by atoms with van der Waals surface area (Å²) in [6, 6.07) is 2.28. The first kappa shape index (κ1) is 9.20. The van der Waals surface area contributed by atoms with Crippen molar-refractivity contribution in [3.05, 3.63) is 22.6 Å². The average molecular weight is 210 g/mol. The molecule has 0 amide bonds. The zero-order valence-corrected chi connectivity index (χ0v) is 7.26. The first-order chi connectivity index (χ1) is 7.02. The summed E-state index contributed by atoms with van der Waals surface area (Å²) in [4.78, 5) is 10.9. The molecule has 1 heterocycles. The fourth-order valence-corrected chi connectivity index (χ4v) is 1.24. The third-order valence-corrected chi connectivity index (χ3v) is 1.98. The molecule has 0 radical (unpaired) electrons.